The summed E-state index contributed by atoms with van der Waals surface area (Å²) in [6.07, 6.45) is 12.2. The minimum absolute atomic E-state index is 0.357. The molecule has 0 saturated carbocycles. The Morgan fingerprint density at radius 2 is 1.94 bits per heavy atom. The summed E-state index contributed by atoms with van der Waals surface area (Å²) in [4.78, 5) is 0. The lowest BCUT2D eigenvalue weighted by Gasteiger charge is -2.36. The monoisotopic (exact) mass is 254 g/mol. The fourth-order valence-electron chi connectivity index (χ4n) is 2.94. The van der Waals surface area contributed by atoms with E-state index in [0.29, 0.717) is 11.6 Å². The van der Waals surface area contributed by atoms with Crippen molar-refractivity contribution >= 4 is 0 Å². The molecule has 0 bridgehead atoms. The molecule has 1 aliphatic heterocycles. The molecule has 1 rings (SSSR count). The summed E-state index contributed by atoms with van der Waals surface area (Å²) in [5, 5.41) is 7.41. The predicted molar refractivity (Wildman–Crippen MR) is 81.1 cm³/mol. The van der Waals surface area contributed by atoms with Crippen LogP contribution in [0.2, 0.25) is 0 Å². The van der Waals surface area contributed by atoms with Gasteiger partial charge in [-0.25, -0.2) is 0 Å². The van der Waals surface area contributed by atoms with Gasteiger partial charge in [-0.05, 0) is 39.2 Å². The average molecular weight is 254 g/mol. The molecular formula is C16H34N2. The molecule has 108 valence electrons. The van der Waals surface area contributed by atoms with Crippen LogP contribution in [0.25, 0.3) is 0 Å². The zero-order valence-corrected chi connectivity index (χ0v) is 12.9. The van der Waals surface area contributed by atoms with Crippen LogP contribution in [0, 0.1) is 0 Å². The molecule has 0 aromatic rings. The van der Waals surface area contributed by atoms with Gasteiger partial charge in [0, 0.05) is 18.1 Å². The molecule has 2 atom stereocenters. The summed E-state index contributed by atoms with van der Waals surface area (Å²) in [5.41, 5.74) is 0.357. The summed E-state index contributed by atoms with van der Waals surface area (Å²) in [6, 6.07) is 0.694. The molecule has 1 saturated heterocycles. The quantitative estimate of drug-likeness (QED) is 0.611. The van der Waals surface area contributed by atoms with E-state index in [1.54, 1.807) is 0 Å². The Hall–Kier alpha value is -0.0800. The number of hydrogen-bond acceptors (Lipinski definition) is 2. The van der Waals surface area contributed by atoms with E-state index in [1.807, 2.05) is 0 Å². The van der Waals surface area contributed by atoms with Crippen LogP contribution in [0.1, 0.15) is 78.6 Å². The second kappa shape index (κ2) is 8.92. The summed E-state index contributed by atoms with van der Waals surface area (Å²) >= 11 is 0. The molecule has 1 unspecified atom stereocenters. The minimum atomic E-state index is 0.357. The highest BCUT2D eigenvalue weighted by Crippen LogP contribution is 2.21. The largest absolute Gasteiger partial charge is 0.315 e. The fraction of sp³-hybridized carbons (Fsp3) is 1.00. The first-order valence-electron chi connectivity index (χ1n) is 8.18. The highest BCUT2D eigenvalue weighted by Gasteiger charge is 2.25. The number of piperidine rings is 1. The van der Waals surface area contributed by atoms with Gasteiger partial charge in [0.05, 0.1) is 0 Å². The lowest BCUT2D eigenvalue weighted by molar-refractivity contribution is 0.245. The van der Waals surface area contributed by atoms with Gasteiger partial charge in [0.1, 0.15) is 0 Å². The molecule has 2 N–H and O–H groups in total. The van der Waals surface area contributed by atoms with Gasteiger partial charge in [-0.2, -0.15) is 0 Å². The normalized spacial score (nSPS) is 23.8. The first kappa shape index (κ1) is 16.0. The van der Waals surface area contributed by atoms with Gasteiger partial charge in [-0.3, -0.25) is 0 Å². The Kier molecular flexibility index (Phi) is 7.92. The number of rotatable bonds is 9. The molecule has 0 radical (unpaired) electrons. The van der Waals surface area contributed by atoms with Gasteiger partial charge < -0.3 is 10.6 Å². The first-order valence-corrected chi connectivity index (χ1v) is 8.18. The molecule has 0 aromatic heterocycles. The zero-order valence-electron chi connectivity index (χ0n) is 12.9. The Morgan fingerprint density at radius 1 is 1.17 bits per heavy atom. The van der Waals surface area contributed by atoms with E-state index in [0.717, 1.165) is 6.54 Å². The topological polar surface area (TPSA) is 24.1 Å². The molecule has 0 spiro atoms. The van der Waals surface area contributed by atoms with Gasteiger partial charge in [0.2, 0.25) is 0 Å². The van der Waals surface area contributed by atoms with Crippen molar-refractivity contribution in [3.05, 3.63) is 0 Å². The van der Waals surface area contributed by atoms with Crippen molar-refractivity contribution in [3.63, 3.8) is 0 Å². The molecular weight excluding hydrogens is 220 g/mol. The molecule has 18 heavy (non-hydrogen) atoms. The van der Waals surface area contributed by atoms with Gasteiger partial charge in [-0.15, -0.1) is 0 Å². The van der Waals surface area contributed by atoms with Gasteiger partial charge in [0.25, 0.3) is 0 Å². The number of unbranched alkanes of at least 4 members (excludes halogenated alkanes) is 4. The highest BCUT2D eigenvalue weighted by molar-refractivity contribution is 4.87. The minimum Gasteiger partial charge on any atom is -0.315 e. The third kappa shape index (κ3) is 6.19. The number of nitrogens with one attached hydrogen (secondary N) is 2. The van der Waals surface area contributed by atoms with Crippen LogP contribution in [-0.2, 0) is 0 Å². The molecule has 0 aromatic carbocycles. The van der Waals surface area contributed by atoms with Crippen molar-refractivity contribution in [1.82, 2.24) is 10.6 Å². The van der Waals surface area contributed by atoms with Gasteiger partial charge >= 0.3 is 0 Å². The molecule has 1 heterocycles. The van der Waals surface area contributed by atoms with Crippen LogP contribution < -0.4 is 10.6 Å². The summed E-state index contributed by atoms with van der Waals surface area (Å²) < 4.78 is 0. The molecule has 2 nitrogen and oxygen atoms in total. The molecule has 1 aliphatic rings. The maximum atomic E-state index is 3.91. The SMILES string of the molecule is CCCCCCCC(C)(CC)N[C@@H]1CCCNC1. The first-order chi connectivity index (χ1) is 8.70. The summed E-state index contributed by atoms with van der Waals surface area (Å²) in [7, 11) is 0. The third-order valence-corrected chi connectivity index (χ3v) is 4.46. The van der Waals surface area contributed by atoms with Gasteiger partial charge in [-0.1, -0.05) is 46.0 Å². The van der Waals surface area contributed by atoms with Crippen LogP contribution in [0.5, 0.6) is 0 Å². The van der Waals surface area contributed by atoms with Crippen molar-refractivity contribution in [2.24, 2.45) is 0 Å². The lowest BCUT2D eigenvalue weighted by atomic mass is 9.89. The van der Waals surface area contributed by atoms with Crippen LogP contribution in [-0.4, -0.2) is 24.7 Å². The average Bonchev–Trinajstić information content (AvgIpc) is 2.40. The summed E-state index contributed by atoms with van der Waals surface area (Å²) in [5.74, 6) is 0. The van der Waals surface area contributed by atoms with Crippen LogP contribution in [0.3, 0.4) is 0 Å². The van der Waals surface area contributed by atoms with Crippen molar-refractivity contribution in [2.45, 2.75) is 90.1 Å². The van der Waals surface area contributed by atoms with Crippen molar-refractivity contribution in [2.75, 3.05) is 13.1 Å². The highest BCUT2D eigenvalue weighted by atomic mass is 15.0. The Balaban J connectivity index is 2.22. The maximum absolute atomic E-state index is 3.91. The standard InChI is InChI=1S/C16H34N2/c1-4-6-7-8-9-12-16(3,5-2)18-15-11-10-13-17-14-15/h15,17-18H,4-14H2,1-3H3/t15-,16?/m1/s1. The van der Waals surface area contributed by atoms with E-state index in [9.17, 15) is 0 Å². The molecule has 2 heteroatoms. The van der Waals surface area contributed by atoms with Crippen LogP contribution in [0.4, 0.5) is 0 Å². The second-order valence-electron chi connectivity index (χ2n) is 6.27. The van der Waals surface area contributed by atoms with E-state index in [4.69, 9.17) is 0 Å². The number of hydrogen-bond donors (Lipinski definition) is 2. The van der Waals surface area contributed by atoms with E-state index >= 15 is 0 Å². The van der Waals surface area contributed by atoms with E-state index in [1.165, 1.54) is 64.3 Å². The second-order valence-corrected chi connectivity index (χ2v) is 6.27. The van der Waals surface area contributed by atoms with Crippen molar-refractivity contribution < 1.29 is 0 Å². The molecule has 0 amide bonds. The van der Waals surface area contributed by atoms with Crippen molar-refractivity contribution in [1.29, 1.82) is 0 Å². The zero-order chi connectivity index (χ0) is 13.3. The fourth-order valence-corrected chi connectivity index (χ4v) is 2.94. The van der Waals surface area contributed by atoms with E-state index in [2.05, 4.69) is 31.4 Å². The summed E-state index contributed by atoms with van der Waals surface area (Å²) in [6.45, 7) is 9.40. The van der Waals surface area contributed by atoms with E-state index < -0.39 is 0 Å². The van der Waals surface area contributed by atoms with Crippen LogP contribution in [0.15, 0.2) is 0 Å². The lowest BCUT2D eigenvalue weighted by Crippen LogP contribution is -2.53. The predicted octanol–water partition coefficient (Wildman–Crippen LogP) is 3.86. The Labute approximate surface area is 114 Å². The molecule has 0 aliphatic carbocycles. The smallest absolute Gasteiger partial charge is 0.0198 e. The Morgan fingerprint density at radius 3 is 2.56 bits per heavy atom. The molecule has 1 fully saturated rings. The van der Waals surface area contributed by atoms with E-state index in [-0.39, 0.29) is 0 Å². The maximum Gasteiger partial charge on any atom is 0.0198 e. The third-order valence-electron chi connectivity index (χ3n) is 4.46. The van der Waals surface area contributed by atoms with Crippen LogP contribution >= 0.6 is 0 Å². The van der Waals surface area contributed by atoms with Gasteiger partial charge in [0.15, 0.2) is 0 Å². The Bertz CT molecular complexity index is 199. The van der Waals surface area contributed by atoms with Crippen molar-refractivity contribution in [3.8, 4) is 0 Å².